The summed E-state index contributed by atoms with van der Waals surface area (Å²) in [4.78, 5) is 12.5. The molecule has 0 amide bonds. The minimum atomic E-state index is 0.0727. The minimum Gasteiger partial charge on any atom is -0.294 e. The van der Waals surface area contributed by atoms with E-state index in [2.05, 4.69) is 15.3 Å². The van der Waals surface area contributed by atoms with E-state index in [0.29, 0.717) is 12.0 Å². The average molecular weight is 332 g/mol. The number of azo groups is 1. The highest BCUT2D eigenvalue weighted by atomic mass is 16.1. The van der Waals surface area contributed by atoms with Crippen LogP contribution in [-0.2, 0) is 13.5 Å². The van der Waals surface area contributed by atoms with E-state index in [0.717, 1.165) is 28.2 Å². The maximum absolute atomic E-state index is 12.5. The Morgan fingerprint density at radius 3 is 2.52 bits per heavy atom. The van der Waals surface area contributed by atoms with Gasteiger partial charge in [0.05, 0.1) is 17.8 Å². The molecule has 0 N–H and O–H groups in total. The van der Waals surface area contributed by atoms with E-state index >= 15 is 0 Å². The van der Waals surface area contributed by atoms with Crippen LogP contribution < -0.4 is 0 Å². The lowest BCUT2D eigenvalue weighted by Crippen LogP contribution is -2.09. The Labute approximate surface area is 147 Å². The molecule has 3 rings (SSSR count). The fourth-order valence-electron chi connectivity index (χ4n) is 2.64. The van der Waals surface area contributed by atoms with Crippen LogP contribution in [0.4, 0.5) is 11.4 Å². The molecule has 1 heterocycles. The van der Waals surface area contributed by atoms with E-state index < -0.39 is 0 Å². The summed E-state index contributed by atoms with van der Waals surface area (Å²) in [5, 5.41) is 12.7. The SMILES string of the molecule is Cc1ccccc1N=Nc1ccc(C(=O)Cc2ccnn2C)c(C)c1. The number of ketones is 1. The van der Waals surface area contributed by atoms with Gasteiger partial charge in [0, 0.05) is 24.5 Å². The fourth-order valence-corrected chi connectivity index (χ4v) is 2.64. The van der Waals surface area contributed by atoms with Crippen molar-refractivity contribution >= 4 is 17.2 Å². The summed E-state index contributed by atoms with van der Waals surface area (Å²) in [6.07, 6.45) is 2.03. The molecule has 0 bridgehead atoms. The van der Waals surface area contributed by atoms with Crippen molar-refractivity contribution in [2.45, 2.75) is 20.3 Å². The Bertz CT molecular complexity index is 940. The Kier molecular flexibility index (Phi) is 4.84. The first-order valence-electron chi connectivity index (χ1n) is 8.12. The molecule has 0 radical (unpaired) electrons. The van der Waals surface area contributed by atoms with Gasteiger partial charge in [-0.05, 0) is 55.3 Å². The van der Waals surface area contributed by atoms with Gasteiger partial charge in [-0.2, -0.15) is 15.3 Å². The smallest absolute Gasteiger partial charge is 0.169 e. The third kappa shape index (κ3) is 3.88. The highest BCUT2D eigenvalue weighted by Crippen LogP contribution is 2.24. The highest BCUT2D eigenvalue weighted by Gasteiger charge is 2.12. The molecule has 5 nitrogen and oxygen atoms in total. The summed E-state index contributed by atoms with van der Waals surface area (Å²) in [5.74, 6) is 0.0727. The van der Waals surface area contributed by atoms with Gasteiger partial charge in [0.1, 0.15) is 0 Å². The van der Waals surface area contributed by atoms with Crippen molar-refractivity contribution in [1.82, 2.24) is 9.78 Å². The predicted octanol–water partition coefficient (Wildman–Crippen LogP) is 4.88. The van der Waals surface area contributed by atoms with Crippen LogP contribution in [0.2, 0.25) is 0 Å². The molecule has 0 aliphatic carbocycles. The first-order valence-corrected chi connectivity index (χ1v) is 8.12. The number of hydrogen-bond donors (Lipinski definition) is 0. The van der Waals surface area contributed by atoms with Crippen LogP contribution in [0.5, 0.6) is 0 Å². The molecular formula is C20H20N4O. The third-order valence-corrected chi connectivity index (χ3v) is 4.16. The summed E-state index contributed by atoms with van der Waals surface area (Å²) >= 11 is 0. The standard InChI is InChI=1S/C20H20N4O/c1-14-6-4-5-7-19(14)23-22-16-8-9-18(15(2)12-16)20(25)13-17-10-11-21-24(17)3/h4-12H,13H2,1-3H3. The van der Waals surface area contributed by atoms with Crippen molar-refractivity contribution in [3.63, 3.8) is 0 Å². The van der Waals surface area contributed by atoms with Crippen molar-refractivity contribution in [1.29, 1.82) is 0 Å². The zero-order valence-corrected chi connectivity index (χ0v) is 14.6. The molecule has 3 aromatic rings. The van der Waals surface area contributed by atoms with Crippen molar-refractivity contribution in [3.05, 3.63) is 77.1 Å². The first kappa shape index (κ1) is 16.8. The number of carbonyl (C=O) groups excluding carboxylic acids is 1. The monoisotopic (exact) mass is 332 g/mol. The molecule has 0 saturated carbocycles. The second kappa shape index (κ2) is 7.21. The zero-order chi connectivity index (χ0) is 17.8. The van der Waals surface area contributed by atoms with Gasteiger partial charge >= 0.3 is 0 Å². The fraction of sp³-hybridized carbons (Fsp3) is 0.200. The number of carbonyl (C=O) groups is 1. The van der Waals surface area contributed by atoms with E-state index in [1.165, 1.54) is 0 Å². The maximum atomic E-state index is 12.5. The maximum Gasteiger partial charge on any atom is 0.169 e. The van der Waals surface area contributed by atoms with Gasteiger partial charge in [-0.25, -0.2) is 0 Å². The van der Waals surface area contributed by atoms with Crippen molar-refractivity contribution < 1.29 is 4.79 Å². The van der Waals surface area contributed by atoms with Crippen LogP contribution in [0, 0.1) is 13.8 Å². The summed E-state index contributed by atoms with van der Waals surface area (Å²) < 4.78 is 1.72. The average Bonchev–Trinajstić information content (AvgIpc) is 2.99. The number of hydrogen-bond acceptors (Lipinski definition) is 4. The van der Waals surface area contributed by atoms with Crippen LogP contribution in [0.1, 0.15) is 27.2 Å². The van der Waals surface area contributed by atoms with Crippen LogP contribution in [-0.4, -0.2) is 15.6 Å². The Hall–Kier alpha value is -3.08. The van der Waals surface area contributed by atoms with E-state index in [1.54, 1.807) is 10.9 Å². The molecule has 25 heavy (non-hydrogen) atoms. The molecule has 2 aromatic carbocycles. The molecule has 5 heteroatoms. The first-order chi connectivity index (χ1) is 12.0. The Balaban J connectivity index is 1.78. The van der Waals surface area contributed by atoms with Crippen LogP contribution in [0.15, 0.2) is 65.0 Å². The molecule has 0 fully saturated rings. The lowest BCUT2D eigenvalue weighted by atomic mass is 10.0. The molecular weight excluding hydrogens is 312 g/mol. The van der Waals surface area contributed by atoms with Gasteiger partial charge < -0.3 is 0 Å². The van der Waals surface area contributed by atoms with E-state index in [1.807, 2.05) is 69.4 Å². The lowest BCUT2D eigenvalue weighted by Gasteiger charge is -2.06. The number of Topliss-reactive ketones (excluding diaryl/α,β-unsaturated/α-hetero) is 1. The van der Waals surface area contributed by atoms with Crippen molar-refractivity contribution in [2.75, 3.05) is 0 Å². The second-order valence-corrected chi connectivity index (χ2v) is 6.03. The molecule has 1 aromatic heterocycles. The number of aromatic nitrogens is 2. The number of aryl methyl sites for hydroxylation is 3. The van der Waals surface area contributed by atoms with Gasteiger partial charge in [0.25, 0.3) is 0 Å². The Morgan fingerprint density at radius 2 is 1.84 bits per heavy atom. The molecule has 0 aliphatic rings. The second-order valence-electron chi connectivity index (χ2n) is 6.03. The largest absolute Gasteiger partial charge is 0.294 e. The number of benzene rings is 2. The van der Waals surface area contributed by atoms with Crippen LogP contribution in [0.25, 0.3) is 0 Å². The molecule has 0 spiro atoms. The van der Waals surface area contributed by atoms with Crippen molar-refractivity contribution in [3.8, 4) is 0 Å². The summed E-state index contributed by atoms with van der Waals surface area (Å²) in [6, 6.07) is 15.2. The number of rotatable bonds is 5. The quantitative estimate of drug-likeness (QED) is 0.494. The zero-order valence-electron chi connectivity index (χ0n) is 14.6. The van der Waals surface area contributed by atoms with Gasteiger partial charge in [-0.15, -0.1) is 0 Å². The summed E-state index contributed by atoms with van der Waals surface area (Å²) in [6.45, 7) is 3.92. The Morgan fingerprint density at radius 1 is 1.04 bits per heavy atom. The summed E-state index contributed by atoms with van der Waals surface area (Å²) in [5.41, 5.74) is 5.15. The third-order valence-electron chi connectivity index (χ3n) is 4.16. The van der Waals surface area contributed by atoms with Gasteiger partial charge in [-0.1, -0.05) is 18.2 Å². The number of nitrogens with zero attached hydrogens (tertiary/aromatic N) is 4. The van der Waals surface area contributed by atoms with E-state index in [-0.39, 0.29) is 5.78 Å². The molecule has 0 aliphatic heterocycles. The topological polar surface area (TPSA) is 59.6 Å². The molecule has 126 valence electrons. The van der Waals surface area contributed by atoms with E-state index in [9.17, 15) is 4.79 Å². The normalized spacial score (nSPS) is 11.2. The van der Waals surface area contributed by atoms with Crippen molar-refractivity contribution in [2.24, 2.45) is 17.3 Å². The van der Waals surface area contributed by atoms with E-state index in [4.69, 9.17) is 0 Å². The van der Waals surface area contributed by atoms with Gasteiger partial charge in [-0.3, -0.25) is 9.48 Å². The highest BCUT2D eigenvalue weighted by molar-refractivity contribution is 5.98. The molecule has 0 atom stereocenters. The summed E-state index contributed by atoms with van der Waals surface area (Å²) in [7, 11) is 1.84. The predicted molar refractivity (Wildman–Crippen MR) is 97.8 cm³/mol. The molecule has 0 unspecified atom stereocenters. The van der Waals surface area contributed by atoms with Gasteiger partial charge in [0.15, 0.2) is 5.78 Å². The molecule has 0 saturated heterocycles. The van der Waals surface area contributed by atoms with Crippen LogP contribution >= 0.6 is 0 Å². The van der Waals surface area contributed by atoms with Gasteiger partial charge in [0.2, 0.25) is 0 Å². The lowest BCUT2D eigenvalue weighted by molar-refractivity contribution is 0.0990. The van der Waals surface area contributed by atoms with Crippen LogP contribution in [0.3, 0.4) is 0 Å². The minimum absolute atomic E-state index is 0.0727.